The van der Waals surface area contributed by atoms with E-state index in [4.69, 9.17) is 34.8 Å². The van der Waals surface area contributed by atoms with Crippen LogP contribution in [0.25, 0.3) is 0 Å². The van der Waals surface area contributed by atoms with Gasteiger partial charge in [0.15, 0.2) is 0 Å². The average molecular weight is 231 g/mol. The molecule has 1 unspecified atom stereocenters. The van der Waals surface area contributed by atoms with Crippen LogP contribution >= 0.6 is 34.8 Å². The molecule has 1 rings (SSSR count). The van der Waals surface area contributed by atoms with Gasteiger partial charge in [-0.15, -0.1) is 0 Å². The largest absolute Gasteiger partial charge is 0.295 e. The minimum atomic E-state index is -1.43. The number of hydrogen-bond donors (Lipinski definition) is 1. The highest BCUT2D eigenvalue weighted by Crippen LogP contribution is 2.33. The number of hydrogen-bond acceptors (Lipinski definition) is 3. The predicted molar refractivity (Wildman–Crippen MR) is 52.4 cm³/mol. The summed E-state index contributed by atoms with van der Waals surface area (Å²) >= 11 is 17.1. The van der Waals surface area contributed by atoms with E-state index in [1.807, 2.05) is 13.8 Å². The Morgan fingerprint density at radius 2 is 2.08 bits per heavy atom. The second-order valence-corrected chi connectivity index (χ2v) is 5.16. The fourth-order valence-electron chi connectivity index (χ4n) is 0.999. The zero-order valence-electron chi connectivity index (χ0n) is 6.76. The van der Waals surface area contributed by atoms with Crippen molar-refractivity contribution in [3.8, 4) is 0 Å². The van der Waals surface area contributed by atoms with Crippen LogP contribution in [0.3, 0.4) is 0 Å². The van der Waals surface area contributed by atoms with Crippen LogP contribution in [0.4, 0.5) is 0 Å². The number of nitrogens with zero attached hydrogens (tertiary/aromatic N) is 2. The maximum Gasteiger partial charge on any atom is 0.270 e. The number of rotatable bonds is 1. The summed E-state index contributed by atoms with van der Waals surface area (Å²) in [6, 6.07) is 0. The SMILES string of the molecule is CC(C)C1NN=CN1C(Cl)(Cl)Cl. The van der Waals surface area contributed by atoms with Crippen molar-refractivity contribution in [2.24, 2.45) is 11.0 Å². The Hall–Kier alpha value is 0.140. The summed E-state index contributed by atoms with van der Waals surface area (Å²) in [5.74, 6) is 0.322. The molecular formula is C6H10Cl3N3. The van der Waals surface area contributed by atoms with E-state index >= 15 is 0 Å². The summed E-state index contributed by atoms with van der Waals surface area (Å²) in [6.07, 6.45) is 1.45. The summed E-state index contributed by atoms with van der Waals surface area (Å²) in [6.45, 7) is 4.05. The fourth-order valence-corrected chi connectivity index (χ4v) is 1.45. The summed E-state index contributed by atoms with van der Waals surface area (Å²) in [5, 5.41) is 3.83. The van der Waals surface area contributed by atoms with Gasteiger partial charge in [0.2, 0.25) is 0 Å². The monoisotopic (exact) mass is 229 g/mol. The van der Waals surface area contributed by atoms with Gasteiger partial charge in [0.25, 0.3) is 3.92 Å². The number of hydrazone groups is 1. The van der Waals surface area contributed by atoms with E-state index < -0.39 is 3.92 Å². The van der Waals surface area contributed by atoms with Crippen LogP contribution in [-0.4, -0.2) is 21.3 Å². The Morgan fingerprint density at radius 1 is 1.50 bits per heavy atom. The standard InChI is InChI=1S/C6H10Cl3N3/c1-4(2)5-11-10-3-12(5)6(7,8)9/h3-5,11H,1-2H3. The molecule has 12 heavy (non-hydrogen) atoms. The predicted octanol–water partition coefficient (Wildman–Crippen LogP) is 2.14. The molecule has 0 aliphatic carbocycles. The lowest BCUT2D eigenvalue weighted by Crippen LogP contribution is -2.47. The first-order valence-corrected chi connectivity index (χ1v) is 4.70. The van der Waals surface area contributed by atoms with Crippen molar-refractivity contribution in [1.29, 1.82) is 0 Å². The van der Waals surface area contributed by atoms with Crippen molar-refractivity contribution in [3.63, 3.8) is 0 Å². The number of nitrogens with one attached hydrogen (secondary N) is 1. The van der Waals surface area contributed by atoms with E-state index in [-0.39, 0.29) is 6.17 Å². The van der Waals surface area contributed by atoms with Gasteiger partial charge in [-0.3, -0.25) is 10.3 Å². The molecule has 1 atom stereocenters. The van der Waals surface area contributed by atoms with E-state index in [1.54, 1.807) is 4.90 Å². The third-order valence-electron chi connectivity index (χ3n) is 1.61. The van der Waals surface area contributed by atoms with Crippen molar-refractivity contribution < 1.29 is 0 Å². The van der Waals surface area contributed by atoms with Gasteiger partial charge in [-0.05, 0) is 5.92 Å². The second-order valence-electron chi connectivity index (χ2n) is 2.94. The molecular weight excluding hydrogens is 220 g/mol. The molecule has 0 bridgehead atoms. The highest BCUT2D eigenvalue weighted by molar-refractivity contribution is 6.67. The Bertz CT molecular complexity index is 187. The lowest BCUT2D eigenvalue weighted by atomic mass is 10.1. The van der Waals surface area contributed by atoms with Crippen molar-refractivity contribution in [1.82, 2.24) is 10.3 Å². The van der Waals surface area contributed by atoms with Crippen molar-refractivity contribution in [2.45, 2.75) is 23.9 Å². The molecule has 0 saturated heterocycles. The molecule has 0 aromatic heterocycles. The second kappa shape index (κ2) is 3.48. The Labute approximate surface area is 86.6 Å². The minimum Gasteiger partial charge on any atom is -0.295 e. The van der Waals surface area contributed by atoms with Crippen LogP contribution in [0, 0.1) is 5.92 Å². The van der Waals surface area contributed by atoms with Crippen LogP contribution in [0.15, 0.2) is 5.10 Å². The first-order chi connectivity index (χ1) is 5.43. The summed E-state index contributed by atoms with van der Waals surface area (Å²) in [5.41, 5.74) is 2.85. The molecule has 0 amide bonds. The molecule has 1 aliphatic heterocycles. The van der Waals surface area contributed by atoms with Gasteiger partial charge >= 0.3 is 0 Å². The molecule has 0 spiro atoms. The Morgan fingerprint density at radius 3 is 2.42 bits per heavy atom. The summed E-state index contributed by atoms with van der Waals surface area (Å²) in [7, 11) is 0. The highest BCUT2D eigenvalue weighted by atomic mass is 35.6. The number of alkyl halides is 3. The van der Waals surface area contributed by atoms with Crippen molar-refractivity contribution >= 4 is 41.1 Å². The number of halogens is 3. The Kier molecular flexibility index (Phi) is 2.97. The van der Waals surface area contributed by atoms with Crippen molar-refractivity contribution in [3.05, 3.63) is 0 Å². The molecule has 6 heteroatoms. The Balaban J connectivity index is 2.70. The van der Waals surface area contributed by atoms with E-state index in [2.05, 4.69) is 10.5 Å². The molecule has 0 aromatic rings. The lowest BCUT2D eigenvalue weighted by molar-refractivity contribution is 0.239. The van der Waals surface area contributed by atoms with Gasteiger partial charge in [-0.25, -0.2) is 0 Å². The van der Waals surface area contributed by atoms with Crippen LogP contribution in [0.2, 0.25) is 0 Å². The van der Waals surface area contributed by atoms with Gasteiger partial charge in [0, 0.05) is 0 Å². The first kappa shape index (κ1) is 10.2. The first-order valence-electron chi connectivity index (χ1n) is 3.57. The maximum absolute atomic E-state index is 5.70. The third kappa shape index (κ3) is 2.09. The van der Waals surface area contributed by atoms with Gasteiger partial charge in [0.1, 0.15) is 12.5 Å². The molecule has 1 heterocycles. The van der Waals surface area contributed by atoms with Gasteiger partial charge in [0.05, 0.1) is 0 Å². The van der Waals surface area contributed by atoms with Crippen LogP contribution in [-0.2, 0) is 0 Å². The van der Waals surface area contributed by atoms with Crippen LogP contribution < -0.4 is 5.43 Å². The van der Waals surface area contributed by atoms with E-state index in [9.17, 15) is 0 Å². The van der Waals surface area contributed by atoms with Crippen molar-refractivity contribution in [2.75, 3.05) is 0 Å². The summed E-state index contributed by atoms with van der Waals surface area (Å²) in [4.78, 5) is 1.56. The van der Waals surface area contributed by atoms with Crippen LogP contribution in [0.1, 0.15) is 13.8 Å². The molecule has 3 nitrogen and oxygen atoms in total. The molecule has 1 N–H and O–H groups in total. The molecule has 0 saturated carbocycles. The van der Waals surface area contributed by atoms with Gasteiger partial charge in [-0.1, -0.05) is 48.7 Å². The van der Waals surface area contributed by atoms with Gasteiger partial charge in [-0.2, -0.15) is 5.10 Å². The van der Waals surface area contributed by atoms with E-state index in [1.165, 1.54) is 6.34 Å². The molecule has 0 aromatic carbocycles. The highest BCUT2D eigenvalue weighted by Gasteiger charge is 2.37. The quantitative estimate of drug-likeness (QED) is 0.552. The van der Waals surface area contributed by atoms with Crippen LogP contribution in [0.5, 0.6) is 0 Å². The zero-order valence-corrected chi connectivity index (χ0v) is 9.03. The molecule has 0 radical (unpaired) electrons. The fraction of sp³-hybridized carbons (Fsp3) is 0.833. The van der Waals surface area contributed by atoms with E-state index in [0.29, 0.717) is 5.92 Å². The van der Waals surface area contributed by atoms with Gasteiger partial charge < -0.3 is 0 Å². The third-order valence-corrected chi connectivity index (χ3v) is 2.20. The average Bonchev–Trinajstić information content (AvgIpc) is 2.30. The molecule has 1 aliphatic rings. The topological polar surface area (TPSA) is 27.6 Å². The molecule has 0 fully saturated rings. The minimum absolute atomic E-state index is 0.0440. The maximum atomic E-state index is 5.70. The smallest absolute Gasteiger partial charge is 0.270 e. The lowest BCUT2D eigenvalue weighted by Gasteiger charge is -2.31. The summed E-state index contributed by atoms with van der Waals surface area (Å²) < 4.78 is -1.43. The zero-order chi connectivity index (χ0) is 9.35. The van der Waals surface area contributed by atoms with E-state index in [0.717, 1.165) is 0 Å². The molecule has 70 valence electrons. The normalized spacial score (nSPS) is 23.5.